The molecule has 16 rings (SSSR count). The molecule has 4 aromatic carbocycles. The standard InChI is InChI=1S/C20H19F5N4O.C20H20F4N4O.2C20H22F2N4O/c1-18(5-4-6-18)29-16-14(22)12(26-3)8-11(21)15(16)28-17(29)27-13(30)7-10-9-20(24,25)19(10,2)23;1-18(4-3-5-18)28-16-11(10-25)6-13(21)8-14(16)26-17(28)27-15(29)7-12-9-20(23,24)19(12,2)22;2*1-11(19(2)8-9-19)17(27)25-18-24-15-12(21)10-13(23-4)14(22)16(15)26(18)20(3)6-5-7-20/h8,10H,4-7,9H2,1-2H3,(H,27,28,30);6,8,12H,3-5,7,9H2,1-2H3,(H,26,27,29);2*10-11H,5-9H2,1-3H3,(H,24,25,27). The number of hydrogen-bond donors (Lipinski definition) is 4. The Kier molecular flexibility index (Phi) is 20.0. The summed E-state index contributed by atoms with van der Waals surface area (Å²) >= 11 is 0. The molecule has 113 heavy (non-hydrogen) atoms. The van der Waals surface area contributed by atoms with Gasteiger partial charge >= 0.3 is 0 Å². The minimum atomic E-state index is -3.49. The number of hydrogen-bond acceptors (Lipinski definition) is 9. The highest BCUT2D eigenvalue weighted by molar-refractivity contribution is 5.97. The average Bonchev–Trinajstić information content (AvgIpc) is 1.67. The van der Waals surface area contributed by atoms with Gasteiger partial charge in [-0.25, -0.2) is 91.5 Å². The molecule has 598 valence electrons. The first-order valence-electron chi connectivity index (χ1n) is 37.6. The van der Waals surface area contributed by atoms with Gasteiger partial charge in [0.25, 0.3) is 11.8 Å². The molecule has 20 nitrogen and oxygen atoms in total. The van der Waals surface area contributed by atoms with Crippen LogP contribution in [0.5, 0.6) is 0 Å². The van der Waals surface area contributed by atoms with Gasteiger partial charge in [0.15, 0.2) is 28.8 Å². The van der Waals surface area contributed by atoms with Crippen LogP contribution >= 0.6 is 0 Å². The van der Waals surface area contributed by atoms with Crippen molar-refractivity contribution in [1.29, 1.82) is 5.26 Å². The van der Waals surface area contributed by atoms with Gasteiger partial charge in [0.05, 0.1) is 52.9 Å². The fourth-order valence-electron chi connectivity index (χ4n) is 16.5. The Labute approximate surface area is 641 Å². The minimum Gasteiger partial charge on any atom is -0.303 e. The third-order valence-electron chi connectivity index (χ3n) is 26.2. The van der Waals surface area contributed by atoms with E-state index in [4.69, 9.17) is 19.7 Å². The lowest BCUT2D eigenvalue weighted by molar-refractivity contribution is -0.242. The number of imidazole rings is 4. The van der Waals surface area contributed by atoms with Crippen molar-refractivity contribution in [1.82, 2.24) is 38.2 Å². The van der Waals surface area contributed by atoms with Crippen molar-refractivity contribution in [3.8, 4) is 6.07 Å². The molecule has 8 aliphatic carbocycles. The summed E-state index contributed by atoms with van der Waals surface area (Å²) in [7, 11) is 0. The SMILES string of the molecule is CC1(n2c(NC(=O)CC3CC(F)(F)C3(C)F)nc3cc(F)cc(C#N)c32)CCC1.[C-]#[N+]c1cc(F)c2nc(NC(=O)C(C)C3(C)CC3)n(C3(C)CCC3)c2c1F.[C-]#[N+]c1cc(F)c2nc(NC(=O)C(C)C3(C)CC3)n(C3(C)CCC3)c2c1F.[C-]#[N+]c1cc(F)c2nc(NC(=O)CC3CC(F)(F)C3(C)F)n(C3(C)CCC3)c2c1F. The number of rotatable bonds is 16. The molecular formula is C80H83F13N16O4. The summed E-state index contributed by atoms with van der Waals surface area (Å²) < 4.78 is 190. The van der Waals surface area contributed by atoms with E-state index in [2.05, 4.69) is 69.6 Å². The normalized spacial score (nSPS) is 23.8. The number of amides is 4. The van der Waals surface area contributed by atoms with Crippen molar-refractivity contribution >= 4 is 109 Å². The molecule has 4 N–H and O–H groups in total. The van der Waals surface area contributed by atoms with Gasteiger partial charge < -0.3 is 18.3 Å². The van der Waals surface area contributed by atoms with Crippen LogP contribution in [0.15, 0.2) is 30.3 Å². The number of benzene rings is 4. The molecule has 8 aromatic rings. The maximum atomic E-state index is 15.0. The maximum Gasteiger partial charge on any atom is 0.281 e. The molecule has 4 aromatic heterocycles. The van der Waals surface area contributed by atoms with E-state index in [-0.39, 0.29) is 114 Å². The number of fused-ring (bicyclic) bond motifs is 4. The third-order valence-corrected chi connectivity index (χ3v) is 26.2. The summed E-state index contributed by atoms with van der Waals surface area (Å²) in [5.41, 5.74) is -9.04. The van der Waals surface area contributed by atoms with Crippen LogP contribution in [0.1, 0.15) is 203 Å². The Bertz CT molecular complexity index is 5310. The van der Waals surface area contributed by atoms with Gasteiger partial charge in [-0.05, 0) is 179 Å². The molecule has 33 heteroatoms. The first-order valence-corrected chi connectivity index (χ1v) is 37.6. The molecule has 0 radical (unpaired) electrons. The number of alkyl halides is 6. The predicted octanol–water partition coefficient (Wildman–Crippen LogP) is 20.4. The van der Waals surface area contributed by atoms with Gasteiger partial charge in [0.1, 0.15) is 45.9 Å². The summed E-state index contributed by atoms with van der Waals surface area (Å²) in [6.07, 6.45) is 11.2. The van der Waals surface area contributed by atoms with Crippen LogP contribution in [-0.4, -0.2) is 85.0 Å². The van der Waals surface area contributed by atoms with Gasteiger partial charge in [0.2, 0.25) is 64.5 Å². The highest BCUT2D eigenvalue weighted by Gasteiger charge is 2.68. The minimum absolute atomic E-state index is 0.0188. The summed E-state index contributed by atoms with van der Waals surface area (Å²) in [6, 6.07) is 6.72. The molecule has 8 aliphatic rings. The van der Waals surface area contributed by atoms with Crippen molar-refractivity contribution in [2.45, 2.75) is 243 Å². The Morgan fingerprint density at radius 1 is 0.460 bits per heavy atom. The lowest BCUT2D eigenvalue weighted by atomic mass is 9.67. The van der Waals surface area contributed by atoms with E-state index in [1.807, 2.05) is 40.7 Å². The zero-order chi connectivity index (χ0) is 82.4. The summed E-state index contributed by atoms with van der Waals surface area (Å²) in [5, 5.41) is 20.1. The first kappa shape index (κ1) is 80.7. The zero-order valence-electron chi connectivity index (χ0n) is 63.8. The summed E-state index contributed by atoms with van der Waals surface area (Å²) in [6.45, 7) is 38.4. The fraction of sp³-hybridized carbons (Fsp3) is 0.550. The van der Waals surface area contributed by atoms with Gasteiger partial charge in [-0.15, -0.1) is 0 Å². The molecule has 6 atom stereocenters. The molecule has 0 aliphatic heterocycles. The van der Waals surface area contributed by atoms with Crippen LogP contribution in [-0.2, 0) is 41.3 Å². The Hall–Kier alpha value is -10.3. The predicted molar refractivity (Wildman–Crippen MR) is 394 cm³/mol. The quantitative estimate of drug-likeness (QED) is 0.0532. The first-order chi connectivity index (χ1) is 52.8. The zero-order valence-corrected chi connectivity index (χ0v) is 63.8. The second-order valence-corrected chi connectivity index (χ2v) is 34.0. The number of nitrogens with zero attached hydrogens (tertiary/aromatic N) is 12. The Morgan fingerprint density at radius 3 is 1.01 bits per heavy atom. The van der Waals surface area contributed by atoms with Crippen LogP contribution in [0.4, 0.5) is 97.9 Å². The molecule has 0 bridgehead atoms. The average molecular weight is 1580 g/mol. The molecule has 4 amide bonds. The van der Waals surface area contributed by atoms with E-state index in [1.54, 1.807) is 20.6 Å². The highest BCUT2D eigenvalue weighted by atomic mass is 19.3. The summed E-state index contributed by atoms with van der Waals surface area (Å²) in [4.78, 5) is 76.4. The molecule has 4 heterocycles. The van der Waals surface area contributed by atoms with Gasteiger partial charge in [-0.1, -0.05) is 27.7 Å². The lowest BCUT2D eigenvalue weighted by Gasteiger charge is -2.47. The van der Waals surface area contributed by atoms with Crippen molar-refractivity contribution in [3.05, 3.63) is 111 Å². The number of nitrogens with one attached hydrogen (secondary N) is 4. The topological polar surface area (TPSA) is 225 Å². The van der Waals surface area contributed by atoms with Crippen LogP contribution < -0.4 is 21.3 Å². The van der Waals surface area contributed by atoms with Crippen molar-refractivity contribution in [2.75, 3.05) is 21.3 Å². The molecular weight excluding hydrogens is 1500 g/mol. The van der Waals surface area contributed by atoms with Crippen molar-refractivity contribution < 1.29 is 76.3 Å². The molecule has 6 unspecified atom stereocenters. The van der Waals surface area contributed by atoms with Crippen LogP contribution in [0.2, 0.25) is 0 Å². The molecule has 8 fully saturated rings. The fourth-order valence-corrected chi connectivity index (χ4v) is 16.5. The van der Waals surface area contributed by atoms with Gasteiger partial charge in [-0.2, -0.15) is 5.26 Å². The smallest absolute Gasteiger partial charge is 0.281 e. The second kappa shape index (κ2) is 28.1. The molecule has 0 spiro atoms. The maximum absolute atomic E-state index is 15.0. The summed E-state index contributed by atoms with van der Waals surface area (Å²) in [5.74, 6) is -16.7. The Morgan fingerprint density at radius 2 is 0.752 bits per heavy atom. The van der Waals surface area contributed by atoms with Gasteiger partial charge in [-0.3, -0.25) is 40.4 Å². The molecule has 8 saturated carbocycles. The van der Waals surface area contributed by atoms with Crippen LogP contribution in [0.25, 0.3) is 58.7 Å². The van der Waals surface area contributed by atoms with Crippen LogP contribution in [0.3, 0.4) is 0 Å². The number of carbonyl (C=O) groups is 4. The van der Waals surface area contributed by atoms with E-state index >= 15 is 0 Å². The monoisotopic (exact) mass is 1580 g/mol. The molecule has 0 saturated heterocycles. The number of nitriles is 1. The Balaban J connectivity index is 0.000000132. The van der Waals surface area contributed by atoms with Crippen molar-refractivity contribution in [3.63, 3.8) is 0 Å². The number of anilines is 4. The largest absolute Gasteiger partial charge is 0.303 e. The number of aromatic nitrogens is 8. The van der Waals surface area contributed by atoms with E-state index in [1.165, 1.54) is 10.6 Å². The highest BCUT2D eigenvalue weighted by Crippen LogP contribution is 2.59. The van der Waals surface area contributed by atoms with Crippen molar-refractivity contribution in [2.24, 2.45) is 34.5 Å². The van der Waals surface area contributed by atoms with Crippen LogP contribution in [0, 0.1) is 106 Å². The number of carbonyl (C=O) groups excluding carboxylic acids is 4. The van der Waals surface area contributed by atoms with E-state index < -0.39 is 141 Å². The van der Waals surface area contributed by atoms with E-state index in [0.717, 1.165) is 128 Å². The van der Waals surface area contributed by atoms with E-state index in [0.29, 0.717) is 18.4 Å². The number of halogens is 13. The van der Waals surface area contributed by atoms with E-state index in [9.17, 15) is 81.5 Å². The lowest BCUT2D eigenvalue weighted by Crippen LogP contribution is -2.60. The van der Waals surface area contributed by atoms with Gasteiger partial charge in [0, 0.05) is 77.6 Å². The second-order valence-electron chi connectivity index (χ2n) is 34.0. The third kappa shape index (κ3) is 13.7.